The van der Waals surface area contributed by atoms with Crippen LogP contribution in [0.2, 0.25) is 0 Å². The number of aliphatic hydroxyl groups excluding tert-OH is 1. The predicted molar refractivity (Wildman–Crippen MR) is 117 cm³/mol. The van der Waals surface area contributed by atoms with Crippen molar-refractivity contribution in [3.8, 4) is 0 Å². The van der Waals surface area contributed by atoms with Crippen LogP contribution in [0.5, 0.6) is 0 Å². The maximum absolute atomic E-state index is 11.6. The van der Waals surface area contributed by atoms with Crippen LogP contribution in [0.1, 0.15) is 104 Å². The minimum Gasteiger partial charge on any atom is -0.459 e. The second-order valence-corrected chi connectivity index (χ2v) is 8.52. The van der Waals surface area contributed by atoms with Gasteiger partial charge in [-0.1, -0.05) is 83.6 Å². The highest BCUT2D eigenvalue weighted by Gasteiger charge is 2.54. The highest BCUT2D eigenvalue weighted by molar-refractivity contribution is 5.67. The van der Waals surface area contributed by atoms with Crippen molar-refractivity contribution in [2.75, 3.05) is 0 Å². The molecule has 1 aliphatic rings. The van der Waals surface area contributed by atoms with E-state index in [9.17, 15) is 19.8 Å². The maximum atomic E-state index is 11.6. The van der Waals surface area contributed by atoms with E-state index in [0.717, 1.165) is 19.3 Å². The summed E-state index contributed by atoms with van der Waals surface area (Å²) in [5.74, 6) is -1.10. The van der Waals surface area contributed by atoms with Gasteiger partial charge in [-0.05, 0) is 18.9 Å². The lowest BCUT2D eigenvalue weighted by Gasteiger charge is -2.38. The zero-order chi connectivity index (χ0) is 22.4. The Morgan fingerprint density at radius 1 is 0.867 bits per heavy atom. The number of carbonyl (C=O) groups excluding carboxylic acids is 2. The molecule has 0 aromatic heterocycles. The van der Waals surface area contributed by atoms with Crippen molar-refractivity contribution in [1.29, 1.82) is 0 Å². The van der Waals surface area contributed by atoms with Gasteiger partial charge in [-0.25, -0.2) is 0 Å². The molecule has 0 amide bonds. The molecule has 0 bridgehead atoms. The molecule has 0 aromatic carbocycles. The molecule has 6 heteroatoms. The fourth-order valence-electron chi connectivity index (χ4n) is 4.12. The van der Waals surface area contributed by atoms with E-state index in [2.05, 4.69) is 6.92 Å². The average molecular weight is 427 g/mol. The molecule has 0 radical (unpaired) electrons. The number of ether oxygens (including phenoxy) is 2. The number of unbranched alkanes of at least 4 members (excludes halogenated alkanes) is 11. The zero-order valence-electron chi connectivity index (χ0n) is 19.1. The molecular weight excluding hydrogens is 384 g/mol. The van der Waals surface area contributed by atoms with Crippen molar-refractivity contribution in [2.24, 2.45) is 0 Å². The topological polar surface area (TPSA) is 93.1 Å². The van der Waals surface area contributed by atoms with E-state index in [1.54, 1.807) is 0 Å². The molecular formula is C24H42O6. The highest BCUT2D eigenvalue weighted by Crippen LogP contribution is 2.35. The van der Waals surface area contributed by atoms with Crippen LogP contribution < -0.4 is 0 Å². The van der Waals surface area contributed by atoms with Gasteiger partial charge < -0.3 is 19.7 Å². The number of aliphatic hydroxyl groups is 2. The predicted octanol–water partition coefficient (Wildman–Crippen LogP) is 4.60. The first-order valence-electron chi connectivity index (χ1n) is 11.8. The first kappa shape index (κ1) is 26.6. The van der Waals surface area contributed by atoms with Gasteiger partial charge in [0.15, 0.2) is 11.7 Å². The number of esters is 2. The van der Waals surface area contributed by atoms with Crippen LogP contribution in [-0.2, 0) is 19.1 Å². The fraction of sp³-hybridized carbons (Fsp3) is 0.833. The van der Waals surface area contributed by atoms with Crippen LogP contribution in [0.3, 0.4) is 0 Å². The van der Waals surface area contributed by atoms with Crippen molar-refractivity contribution >= 4 is 11.9 Å². The van der Waals surface area contributed by atoms with Crippen LogP contribution in [0.4, 0.5) is 0 Å². The van der Waals surface area contributed by atoms with Crippen molar-refractivity contribution in [1.82, 2.24) is 0 Å². The third-order valence-corrected chi connectivity index (χ3v) is 5.83. The second-order valence-electron chi connectivity index (χ2n) is 8.52. The number of carbonyl (C=O) groups is 2. The van der Waals surface area contributed by atoms with E-state index in [0.29, 0.717) is 6.42 Å². The lowest BCUT2D eigenvalue weighted by molar-refractivity contribution is -0.202. The number of hydrogen-bond acceptors (Lipinski definition) is 6. The van der Waals surface area contributed by atoms with Gasteiger partial charge in [0, 0.05) is 13.8 Å². The van der Waals surface area contributed by atoms with Crippen LogP contribution in [0.25, 0.3) is 0 Å². The molecule has 174 valence electrons. The van der Waals surface area contributed by atoms with E-state index in [-0.39, 0.29) is 0 Å². The molecule has 0 aliphatic heterocycles. The van der Waals surface area contributed by atoms with Gasteiger partial charge in [-0.2, -0.15) is 0 Å². The summed E-state index contributed by atoms with van der Waals surface area (Å²) >= 11 is 0. The summed E-state index contributed by atoms with van der Waals surface area (Å²) in [6, 6.07) is 0. The summed E-state index contributed by atoms with van der Waals surface area (Å²) in [5.41, 5.74) is -1.85. The standard InChI is InChI=1S/C24H42O6/c1-4-5-6-7-8-9-10-11-12-13-14-15-16-22(29-19(2)25)24(28)21(27)17-18-23(24)30-20(3)26/h17-18,21-23,27-28H,4-16H2,1-3H3/t21?,22?,23-,24+/m1/s1. The molecule has 2 unspecified atom stereocenters. The third-order valence-electron chi connectivity index (χ3n) is 5.83. The summed E-state index contributed by atoms with van der Waals surface area (Å²) in [5, 5.41) is 21.4. The number of hydrogen-bond donors (Lipinski definition) is 2. The van der Waals surface area contributed by atoms with Gasteiger partial charge in [0.2, 0.25) is 0 Å². The normalized spacial score (nSPS) is 24.0. The Labute approximate surface area is 182 Å². The smallest absolute Gasteiger partial charge is 0.303 e. The van der Waals surface area contributed by atoms with Gasteiger partial charge in [0.1, 0.15) is 12.2 Å². The molecule has 4 atom stereocenters. The van der Waals surface area contributed by atoms with Gasteiger partial charge in [-0.15, -0.1) is 0 Å². The first-order chi connectivity index (χ1) is 14.3. The molecule has 6 nitrogen and oxygen atoms in total. The number of rotatable bonds is 16. The Morgan fingerprint density at radius 3 is 1.83 bits per heavy atom. The van der Waals surface area contributed by atoms with E-state index in [1.165, 1.54) is 83.8 Å². The van der Waals surface area contributed by atoms with Crippen molar-refractivity contribution in [3.05, 3.63) is 12.2 Å². The Balaban J connectivity index is 2.35. The summed E-state index contributed by atoms with van der Waals surface area (Å²) in [4.78, 5) is 22.9. The third kappa shape index (κ3) is 9.17. The van der Waals surface area contributed by atoms with Crippen LogP contribution >= 0.6 is 0 Å². The van der Waals surface area contributed by atoms with Crippen LogP contribution in [0, 0.1) is 0 Å². The molecule has 0 saturated heterocycles. The largest absolute Gasteiger partial charge is 0.459 e. The summed E-state index contributed by atoms with van der Waals surface area (Å²) in [7, 11) is 0. The molecule has 1 aliphatic carbocycles. The van der Waals surface area contributed by atoms with Crippen molar-refractivity contribution in [3.63, 3.8) is 0 Å². The van der Waals surface area contributed by atoms with Crippen LogP contribution in [0.15, 0.2) is 12.2 Å². The van der Waals surface area contributed by atoms with Gasteiger partial charge in [-0.3, -0.25) is 9.59 Å². The van der Waals surface area contributed by atoms with Crippen molar-refractivity contribution < 1.29 is 29.3 Å². The van der Waals surface area contributed by atoms with E-state index in [1.807, 2.05) is 0 Å². The Morgan fingerprint density at radius 2 is 1.37 bits per heavy atom. The minimum absolute atomic E-state index is 0.407. The molecule has 0 spiro atoms. The lowest BCUT2D eigenvalue weighted by Crippen LogP contribution is -2.58. The minimum atomic E-state index is -1.85. The molecule has 0 heterocycles. The molecule has 2 N–H and O–H groups in total. The summed E-state index contributed by atoms with van der Waals surface area (Å²) in [6.07, 6.45) is 14.5. The van der Waals surface area contributed by atoms with Crippen molar-refractivity contribution in [2.45, 2.75) is 128 Å². The molecule has 0 aromatic rings. The molecule has 1 rings (SSSR count). The van der Waals surface area contributed by atoms with E-state index in [4.69, 9.17) is 9.47 Å². The molecule has 0 saturated carbocycles. The second kappa shape index (κ2) is 14.6. The monoisotopic (exact) mass is 426 g/mol. The molecule has 30 heavy (non-hydrogen) atoms. The quantitative estimate of drug-likeness (QED) is 0.213. The SMILES string of the molecule is CCCCCCCCCCCCCCC(OC(C)=O)[C@@]1(O)C(O)C=C[C@H]1OC(C)=O. The summed E-state index contributed by atoms with van der Waals surface area (Å²) in [6.45, 7) is 4.75. The summed E-state index contributed by atoms with van der Waals surface area (Å²) < 4.78 is 10.5. The Hall–Kier alpha value is -1.40. The fourth-order valence-corrected chi connectivity index (χ4v) is 4.12. The maximum Gasteiger partial charge on any atom is 0.303 e. The van der Waals surface area contributed by atoms with Gasteiger partial charge >= 0.3 is 11.9 Å². The van der Waals surface area contributed by atoms with Crippen LogP contribution in [-0.4, -0.2) is 46.1 Å². The van der Waals surface area contributed by atoms with E-state index >= 15 is 0 Å². The Kier molecular flexibility index (Phi) is 12.9. The van der Waals surface area contributed by atoms with Gasteiger partial charge in [0.05, 0.1) is 0 Å². The molecule has 0 fully saturated rings. The lowest BCUT2D eigenvalue weighted by atomic mass is 9.86. The average Bonchev–Trinajstić information content (AvgIpc) is 2.96. The Bertz CT molecular complexity index is 532. The van der Waals surface area contributed by atoms with Gasteiger partial charge in [0.25, 0.3) is 0 Å². The zero-order valence-corrected chi connectivity index (χ0v) is 19.1. The highest BCUT2D eigenvalue weighted by atomic mass is 16.6. The van der Waals surface area contributed by atoms with E-state index < -0.39 is 35.9 Å². The first-order valence-corrected chi connectivity index (χ1v) is 11.8.